The molecule has 34 heavy (non-hydrogen) atoms. The number of carbonyl (C=O) groups is 2. The molecular formula is C27H21NO6. The fraction of sp³-hybridized carbons (Fsp3) is 0.333. The maximum atomic E-state index is 13.6. The second kappa shape index (κ2) is 6.71. The van der Waals surface area contributed by atoms with E-state index in [1.165, 1.54) is 6.07 Å². The molecule has 6 rings (SSSR count). The first-order valence-electron chi connectivity index (χ1n) is 11.1. The average molecular weight is 455 g/mol. The van der Waals surface area contributed by atoms with Crippen LogP contribution in [0.15, 0.2) is 30.3 Å². The SMILES string of the molecule is CC1C#C[C@@H](O)[C@]23O[C@@]2([C@H](C)O)[C@H](C#CC1)Nc1c3cc(O)c2c1C(=O)c1ccccc1C2=O. The molecule has 2 aliphatic carbocycles. The number of aliphatic hydroxyl groups is 2. The van der Waals surface area contributed by atoms with Gasteiger partial charge in [0.1, 0.15) is 11.8 Å². The minimum Gasteiger partial charge on any atom is -0.507 e. The third-order valence-corrected chi connectivity index (χ3v) is 7.29. The molecule has 0 saturated carbocycles. The van der Waals surface area contributed by atoms with Crippen molar-refractivity contribution in [3.8, 4) is 29.4 Å². The molecule has 0 radical (unpaired) electrons. The van der Waals surface area contributed by atoms with Crippen molar-refractivity contribution in [1.82, 2.24) is 0 Å². The Morgan fingerprint density at radius 3 is 2.47 bits per heavy atom. The Hall–Kier alpha value is -3.62. The Morgan fingerprint density at radius 1 is 1.12 bits per heavy atom. The molecule has 0 amide bonds. The standard InChI is InChI=1S/C27H21NO6/c1-13-6-5-9-19-26(14(2)29)27(34-26,20(31)11-10-13)17-12-18(30)21-22(23(17)28-19)25(33)16-8-4-3-7-15(16)24(21)32/h3-4,7-8,12-14,19-20,28-31H,6H2,1-2H3/t13?,14-,19-,20+,26-,27-/m0/s1. The monoisotopic (exact) mass is 455 g/mol. The summed E-state index contributed by atoms with van der Waals surface area (Å²) in [5.41, 5.74) is -2.05. The summed E-state index contributed by atoms with van der Waals surface area (Å²) in [4.78, 5) is 26.9. The molecule has 0 aromatic heterocycles. The van der Waals surface area contributed by atoms with Crippen LogP contribution in [0.1, 0.15) is 57.7 Å². The molecule has 1 unspecified atom stereocenters. The van der Waals surface area contributed by atoms with Crippen LogP contribution < -0.4 is 5.32 Å². The number of phenolic OH excluding ortho intramolecular Hbond substituents is 1. The summed E-state index contributed by atoms with van der Waals surface area (Å²) in [7, 11) is 0. The lowest BCUT2D eigenvalue weighted by atomic mass is 9.69. The zero-order valence-corrected chi connectivity index (χ0v) is 18.5. The first-order valence-corrected chi connectivity index (χ1v) is 11.1. The summed E-state index contributed by atoms with van der Waals surface area (Å²) in [6.45, 7) is 3.44. The molecule has 2 aliphatic heterocycles. The van der Waals surface area contributed by atoms with Crippen LogP contribution in [0.25, 0.3) is 0 Å². The van der Waals surface area contributed by atoms with Gasteiger partial charge in [0.25, 0.3) is 0 Å². The summed E-state index contributed by atoms with van der Waals surface area (Å²) in [6, 6.07) is 6.98. The van der Waals surface area contributed by atoms with Gasteiger partial charge in [0.2, 0.25) is 0 Å². The van der Waals surface area contributed by atoms with E-state index >= 15 is 0 Å². The highest BCUT2D eigenvalue weighted by molar-refractivity contribution is 6.31. The lowest BCUT2D eigenvalue weighted by Crippen LogP contribution is -2.55. The molecule has 170 valence electrons. The van der Waals surface area contributed by atoms with Gasteiger partial charge in [0.05, 0.1) is 22.9 Å². The van der Waals surface area contributed by atoms with Crippen LogP contribution in [0.3, 0.4) is 0 Å². The van der Waals surface area contributed by atoms with Crippen molar-refractivity contribution < 1.29 is 29.6 Å². The Balaban J connectivity index is 1.67. The van der Waals surface area contributed by atoms with E-state index in [1.807, 2.05) is 6.92 Å². The first-order chi connectivity index (χ1) is 16.2. The minimum atomic E-state index is -1.54. The highest BCUT2D eigenvalue weighted by Crippen LogP contribution is 2.67. The molecule has 2 bridgehead atoms. The number of hydrogen-bond donors (Lipinski definition) is 4. The van der Waals surface area contributed by atoms with Crippen LogP contribution in [-0.2, 0) is 10.3 Å². The molecule has 2 aromatic rings. The molecule has 4 aliphatic rings. The van der Waals surface area contributed by atoms with Gasteiger partial charge in [-0.15, -0.1) is 0 Å². The number of anilines is 1. The van der Waals surface area contributed by atoms with E-state index in [4.69, 9.17) is 4.74 Å². The van der Waals surface area contributed by atoms with Crippen molar-refractivity contribution in [2.45, 2.75) is 49.7 Å². The van der Waals surface area contributed by atoms with Gasteiger partial charge in [-0.2, -0.15) is 0 Å². The zero-order chi connectivity index (χ0) is 24.0. The largest absolute Gasteiger partial charge is 0.507 e. The maximum Gasteiger partial charge on any atom is 0.198 e. The second-order valence-corrected chi connectivity index (χ2v) is 9.27. The fourth-order valence-corrected chi connectivity index (χ4v) is 5.63. The topological polar surface area (TPSA) is 119 Å². The van der Waals surface area contributed by atoms with Crippen LogP contribution in [0.2, 0.25) is 0 Å². The van der Waals surface area contributed by atoms with Crippen molar-refractivity contribution in [3.05, 3.63) is 58.1 Å². The van der Waals surface area contributed by atoms with E-state index in [1.54, 1.807) is 31.2 Å². The number of rotatable bonds is 1. The molecule has 7 heteroatoms. The molecule has 1 saturated heterocycles. The quantitative estimate of drug-likeness (QED) is 0.251. The van der Waals surface area contributed by atoms with Crippen molar-refractivity contribution >= 4 is 17.3 Å². The predicted octanol–water partition coefficient (Wildman–Crippen LogP) is 1.71. The van der Waals surface area contributed by atoms with Crippen molar-refractivity contribution in [1.29, 1.82) is 0 Å². The molecule has 7 nitrogen and oxygen atoms in total. The number of hydrogen-bond acceptors (Lipinski definition) is 7. The normalized spacial score (nSPS) is 32.8. The molecule has 1 fully saturated rings. The lowest BCUT2D eigenvalue weighted by molar-refractivity contribution is 0.0866. The number of aliphatic hydroxyl groups excluding tert-OH is 2. The lowest BCUT2D eigenvalue weighted by Gasteiger charge is -2.37. The zero-order valence-electron chi connectivity index (χ0n) is 18.5. The smallest absolute Gasteiger partial charge is 0.198 e. The predicted molar refractivity (Wildman–Crippen MR) is 121 cm³/mol. The van der Waals surface area contributed by atoms with Crippen molar-refractivity contribution in [2.24, 2.45) is 5.92 Å². The molecule has 6 atom stereocenters. The third-order valence-electron chi connectivity index (χ3n) is 7.29. The Labute approximate surface area is 195 Å². The number of carbonyl (C=O) groups excluding carboxylic acids is 2. The van der Waals surface area contributed by atoms with E-state index < -0.39 is 46.8 Å². The highest BCUT2D eigenvalue weighted by atomic mass is 16.7. The van der Waals surface area contributed by atoms with Crippen LogP contribution in [0.4, 0.5) is 5.69 Å². The molecule has 0 spiro atoms. The number of ether oxygens (including phenoxy) is 1. The van der Waals surface area contributed by atoms with Gasteiger partial charge in [0.15, 0.2) is 28.9 Å². The number of aromatic hydroxyl groups is 1. The first kappa shape index (κ1) is 20.9. The van der Waals surface area contributed by atoms with Crippen molar-refractivity contribution in [3.63, 3.8) is 0 Å². The Morgan fingerprint density at radius 2 is 1.79 bits per heavy atom. The van der Waals surface area contributed by atoms with Gasteiger partial charge < -0.3 is 25.4 Å². The number of ketones is 2. The number of phenols is 1. The van der Waals surface area contributed by atoms with Crippen LogP contribution in [0.5, 0.6) is 5.75 Å². The van der Waals surface area contributed by atoms with Gasteiger partial charge in [-0.1, -0.05) is 54.9 Å². The van der Waals surface area contributed by atoms with Gasteiger partial charge in [0, 0.05) is 29.0 Å². The van der Waals surface area contributed by atoms with Crippen LogP contribution in [-0.4, -0.2) is 50.7 Å². The van der Waals surface area contributed by atoms with E-state index in [2.05, 4.69) is 29.0 Å². The van der Waals surface area contributed by atoms with E-state index in [0.717, 1.165) is 0 Å². The molecule has 4 N–H and O–H groups in total. The third kappa shape index (κ3) is 2.34. The second-order valence-electron chi connectivity index (χ2n) is 9.27. The number of nitrogens with one attached hydrogen (secondary N) is 1. The maximum absolute atomic E-state index is 13.6. The van der Waals surface area contributed by atoms with Gasteiger partial charge in [-0.25, -0.2) is 0 Å². The summed E-state index contributed by atoms with van der Waals surface area (Å²) in [5.74, 6) is 10.6. The molecule has 2 aromatic carbocycles. The van der Waals surface area contributed by atoms with Crippen LogP contribution in [0, 0.1) is 29.6 Å². The Kier molecular flexibility index (Phi) is 4.14. The number of benzene rings is 2. The van der Waals surface area contributed by atoms with E-state index in [0.29, 0.717) is 6.42 Å². The van der Waals surface area contributed by atoms with Gasteiger partial charge in [-0.05, 0) is 13.0 Å². The summed E-state index contributed by atoms with van der Waals surface area (Å²) in [6.07, 6.45) is -1.99. The Bertz CT molecular complexity index is 1440. The molecule has 2 heterocycles. The fourth-order valence-electron chi connectivity index (χ4n) is 5.63. The van der Waals surface area contributed by atoms with Gasteiger partial charge in [-0.3, -0.25) is 9.59 Å². The van der Waals surface area contributed by atoms with E-state index in [9.17, 15) is 24.9 Å². The number of fused-ring (bicyclic) bond motifs is 4. The summed E-state index contributed by atoms with van der Waals surface area (Å²) >= 11 is 0. The molecular weight excluding hydrogens is 434 g/mol. The average Bonchev–Trinajstić information content (AvgIpc) is 3.54. The van der Waals surface area contributed by atoms with Crippen LogP contribution >= 0.6 is 0 Å². The number of epoxide rings is 1. The minimum absolute atomic E-state index is 0.00477. The van der Waals surface area contributed by atoms with Crippen molar-refractivity contribution in [2.75, 3.05) is 5.32 Å². The van der Waals surface area contributed by atoms with E-state index in [-0.39, 0.29) is 39.4 Å². The summed E-state index contributed by atoms with van der Waals surface area (Å²) < 4.78 is 6.19. The highest BCUT2D eigenvalue weighted by Gasteiger charge is 2.82. The van der Waals surface area contributed by atoms with Gasteiger partial charge >= 0.3 is 0 Å². The summed E-state index contributed by atoms with van der Waals surface area (Å²) in [5, 5.41) is 36.3.